The molecule has 5 N–H and O–H groups in total. The zero-order valence-corrected chi connectivity index (χ0v) is 25.5. The molecule has 0 bridgehead atoms. The van der Waals surface area contributed by atoms with Crippen molar-refractivity contribution >= 4 is 35.5 Å². The van der Waals surface area contributed by atoms with E-state index in [9.17, 15) is 19.5 Å². The number of nitrogens with one attached hydrogen (secondary N) is 4. The van der Waals surface area contributed by atoms with E-state index in [1.54, 1.807) is 18.2 Å². The van der Waals surface area contributed by atoms with Crippen molar-refractivity contribution in [1.82, 2.24) is 25.9 Å². The SMILES string of the molecule is Cc1ccc(C(=O)NC(C)C)cc1-c1nc(NCCC(NC(=O)O)C(C)(C)C)nc2c1CNC(=O)N2c1c(F)cccc1F. The Bertz CT molecular complexity index is 1570. The largest absolute Gasteiger partial charge is 0.465 e. The van der Waals surface area contributed by atoms with Gasteiger partial charge in [-0.1, -0.05) is 32.9 Å². The maximum absolute atomic E-state index is 15.0. The smallest absolute Gasteiger partial charge is 0.404 e. The maximum atomic E-state index is 15.0. The fraction of sp³-hybridized carbons (Fsp3) is 0.387. The van der Waals surface area contributed by atoms with Crippen LogP contribution in [0.25, 0.3) is 11.3 Å². The predicted octanol–water partition coefficient (Wildman–Crippen LogP) is 5.71. The molecule has 1 aliphatic rings. The molecular formula is C31H37F2N7O4. The van der Waals surface area contributed by atoms with Crippen LogP contribution in [0.2, 0.25) is 0 Å². The van der Waals surface area contributed by atoms with E-state index in [-0.39, 0.29) is 36.8 Å². The molecule has 0 spiro atoms. The van der Waals surface area contributed by atoms with Crippen LogP contribution in [0.5, 0.6) is 0 Å². The summed E-state index contributed by atoms with van der Waals surface area (Å²) in [5.74, 6) is -2.18. The third-order valence-electron chi connectivity index (χ3n) is 7.21. The van der Waals surface area contributed by atoms with Crippen LogP contribution in [0, 0.1) is 24.0 Å². The summed E-state index contributed by atoms with van der Waals surface area (Å²) < 4.78 is 30.0. The number of para-hydroxylation sites is 1. The number of halogens is 2. The van der Waals surface area contributed by atoms with E-state index in [0.717, 1.165) is 22.6 Å². The average Bonchev–Trinajstić information content (AvgIpc) is 2.92. The van der Waals surface area contributed by atoms with Crippen LogP contribution in [0.3, 0.4) is 0 Å². The Hall–Kier alpha value is -4.81. The normalized spacial score (nSPS) is 13.7. The first-order chi connectivity index (χ1) is 20.7. The van der Waals surface area contributed by atoms with E-state index in [1.807, 2.05) is 41.5 Å². The number of carbonyl (C=O) groups is 3. The van der Waals surface area contributed by atoms with Crippen LogP contribution < -0.4 is 26.2 Å². The lowest BCUT2D eigenvalue weighted by Crippen LogP contribution is -2.44. The molecule has 0 fully saturated rings. The number of nitrogens with zero attached hydrogens (tertiary/aromatic N) is 3. The molecule has 1 aliphatic heterocycles. The van der Waals surface area contributed by atoms with Crippen molar-refractivity contribution in [1.29, 1.82) is 0 Å². The van der Waals surface area contributed by atoms with Crippen LogP contribution in [0.15, 0.2) is 36.4 Å². The number of benzene rings is 2. The molecule has 0 radical (unpaired) electrons. The second-order valence-electron chi connectivity index (χ2n) is 12.0. The number of aryl methyl sites for hydroxylation is 1. The highest BCUT2D eigenvalue weighted by molar-refractivity contribution is 6.02. The van der Waals surface area contributed by atoms with Gasteiger partial charge in [-0.3, -0.25) is 4.79 Å². The molecule has 2 aromatic carbocycles. The molecule has 1 aromatic heterocycles. The first kappa shape index (κ1) is 32.1. The zero-order chi connectivity index (χ0) is 32.3. The third-order valence-corrected chi connectivity index (χ3v) is 7.21. The lowest BCUT2D eigenvalue weighted by Gasteiger charge is -2.32. The maximum Gasteiger partial charge on any atom is 0.404 e. The Morgan fingerprint density at radius 3 is 2.39 bits per heavy atom. The average molecular weight is 610 g/mol. The van der Waals surface area contributed by atoms with E-state index in [4.69, 9.17) is 4.98 Å². The Morgan fingerprint density at radius 1 is 1.09 bits per heavy atom. The Kier molecular flexibility index (Phi) is 9.36. The summed E-state index contributed by atoms with van der Waals surface area (Å²) in [7, 11) is 0. The molecule has 3 aromatic rings. The highest BCUT2D eigenvalue weighted by atomic mass is 19.1. The van der Waals surface area contributed by atoms with Crippen molar-refractivity contribution in [2.24, 2.45) is 5.41 Å². The summed E-state index contributed by atoms with van der Waals surface area (Å²) >= 11 is 0. The number of urea groups is 1. The zero-order valence-electron chi connectivity index (χ0n) is 25.5. The number of fused-ring (bicyclic) bond motifs is 1. The highest BCUT2D eigenvalue weighted by Gasteiger charge is 2.34. The van der Waals surface area contributed by atoms with E-state index in [2.05, 4.69) is 26.3 Å². The molecule has 2 heterocycles. The minimum atomic E-state index is -1.15. The second-order valence-corrected chi connectivity index (χ2v) is 12.0. The van der Waals surface area contributed by atoms with Crippen molar-refractivity contribution in [2.45, 2.75) is 66.6 Å². The topological polar surface area (TPSA) is 149 Å². The van der Waals surface area contributed by atoms with Gasteiger partial charge in [-0.15, -0.1) is 0 Å². The summed E-state index contributed by atoms with van der Waals surface area (Å²) in [5.41, 5.74) is 1.46. The van der Waals surface area contributed by atoms with Crippen LogP contribution in [0.4, 0.5) is 35.8 Å². The highest BCUT2D eigenvalue weighted by Crippen LogP contribution is 2.39. The lowest BCUT2D eigenvalue weighted by atomic mass is 9.85. The van der Waals surface area contributed by atoms with E-state index in [1.165, 1.54) is 6.07 Å². The van der Waals surface area contributed by atoms with Gasteiger partial charge >= 0.3 is 12.1 Å². The van der Waals surface area contributed by atoms with Gasteiger partial charge in [-0.25, -0.2) is 28.3 Å². The minimum Gasteiger partial charge on any atom is -0.465 e. The van der Waals surface area contributed by atoms with Crippen molar-refractivity contribution in [3.05, 3.63) is 64.7 Å². The fourth-order valence-electron chi connectivity index (χ4n) is 4.93. The van der Waals surface area contributed by atoms with Crippen LogP contribution >= 0.6 is 0 Å². The number of carboxylic acid groups (broad SMARTS) is 1. The van der Waals surface area contributed by atoms with Gasteiger partial charge in [0.2, 0.25) is 5.95 Å². The number of hydrogen-bond acceptors (Lipinski definition) is 6. The molecule has 0 saturated carbocycles. The molecule has 1 unspecified atom stereocenters. The number of anilines is 3. The molecule has 4 rings (SSSR count). The summed E-state index contributed by atoms with van der Waals surface area (Å²) in [5, 5.41) is 20.5. The predicted molar refractivity (Wildman–Crippen MR) is 163 cm³/mol. The standard InChI is InChI=1S/C31H37F2N7O4/c1-16(2)36-27(41)18-11-10-17(3)19(14-18)24-20-15-35-29(42)40(25-21(32)8-7-9-22(25)33)26(20)39-28(38-24)34-13-12-23(31(4,5)6)37-30(43)44/h7-11,14,16,23,37H,12-13,15H2,1-6H3,(H,35,42)(H,36,41)(H,43,44)(H,34,38,39). The summed E-state index contributed by atoms with van der Waals surface area (Å²) in [6, 6.07) is 7.13. The number of aromatic nitrogens is 2. The van der Waals surface area contributed by atoms with Crippen molar-refractivity contribution in [3.8, 4) is 11.3 Å². The Labute approximate surface area is 254 Å². The Morgan fingerprint density at radius 2 is 1.77 bits per heavy atom. The van der Waals surface area contributed by atoms with E-state index in [0.29, 0.717) is 28.8 Å². The number of amides is 4. The Balaban J connectivity index is 1.85. The molecule has 4 amide bonds. The molecule has 1 atom stereocenters. The van der Waals surface area contributed by atoms with E-state index >= 15 is 8.78 Å². The number of rotatable bonds is 9. The van der Waals surface area contributed by atoms with Crippen LogP contribution in [-0.2, 0) is 6.54 Å². The van der Waals surface area contributed by atoms with Gasteiger partial charge in [0, 0.05) is 35.3 Å². The third kappa shape index (κ3) is 7.04. The minimum absolute atomic E-state index is 0.0299. The molecular weight excluding hydrogens is 572 g/mol. The second kappa shape index (κ2) is 12.8. The molecule has 11 nitrogen and oxygen atoms in total. The summed E-state index contributed by atoms with van der Waals surface area (Å²) in [6.07, 6.45) is -0.788. The van der Waals surface area contributed by atoms with Gasteiger partial charge in [0.05, 0.1) is 12.2 Å². The lowest BCUT2D eigenvalue weighted by molar-refractivity contribution is 0.0943. The molecule has 234 valence electrons. The van der Waals surface area contributed by atoms with Gasteiger partial charge < -0.3 is 26.4 Å². The summed E-state index contributed by atoms with van der Waals surface area (Å²) in [4.78, 5) is 47.5. The first-order valence-electron chi connectivity index (χ1n) is 14.3. The van der Waals surface area contributed by atoms with Crippen LogP contribution in [-0.4, -0.2) is 51.7 Å². The van der Waals surface area contributed by atoms with Crippen LogP contribution in [0.1, 0.15) is 62.5 Å². The monoisotopic (exact) mass is 609 g/mol. The molecule has 0 aliphatic carbocycles. The van der Waals surface area contributed by atoms with Crippen molar-refractivity contribution in [3.63, 3.8) is 0 Å². The van der Waals surface area contributed by atoms with Gasteiger partial charge in [-0.2, -0.15) is 4.98 Å². The van der Waals surface area contributed by atoms with Gasteiger partial charge in [0.1, 0.15) is 17.3 Å². The van der Waals surface area contributed by atoms with Gasteiger partial charge in [0.25, 0.3) is 5.91 Å². The fourth-order valence-corrected chi connectivity index (χ4v) is 4.93. The quantitative estimate of drug-likeness (QED) is 0.209. The summed E-state index contributed by atoms with van der Waals surface area (Å²) in [6.45, 7) is 11.5. The number of carbonyl (C=O) groups excluding carboxylic acids is 2. The molecule has 13 heteroatoms. The van der Waals surface area contributed by atoms with Crippen molar-refractivity contribution in [2.75, 3.05) is 16.8 Å². The number of hydrogen-bond donors (Lipinski definition) is 5. The first-order valence-corrected chi connectivity index (χ1v) is 14.3. The molecule has 44 heavy (non-hydrogen) atoms. The van der Waals surface area contributed by atoms with E-state index < -0.39 is 40.9 Å². The van der Waals surface area contributed by atoms with Crippen molar-refractivity contribution < 1.29 is 28.3 Å². The molecule has 0 saturated heterocycles. The van der Waals surface area contributed by atoms with Gasteiger partial charge in [0.15, 0.2) is 5.82 Å². The van der Waals surface area contributed by atoms with Gasteiger partial charge in [-0.05, 0) is 62.4 Å².